The lowest BCUT2D eigenvalue weighted by Gasteiger charge is -2.23. The molecule has 3 aromatic rings. The molecule has 0 saturated heterocycles. The van der Waals surface area contributed by atoms with Crippen LogP contribution in [-0.2, 0) is 17.5 Å². The van der Waals surface area contributed by atoms with Crippen LogP contribution in [0.25, 0.3) is 10.8 Å². The first-order chi connectivity index (χ1) is 14.8. The van der Waals surface area contributed by atoms with Gasteiger partial charge in [0.15, 0.2) is 0 Å². The topological polar surface area (TPSA) is 32.3 Å². The van der Waals surface area contributed by atoms with E-state index < -0.39 is 17.6 Å². The van der Waals surface area contributed by atoms with E-state index in [2.05, 4.69) is 34.5 Å². The number of carbonyl (C=O) groups excluding carboxylic acids is 1. The number of hydrogen-bond acceptors (Lipinski definition) is 2. The van der Waals surface area contributed by atoms with Gasteiger partial charge in [-0.1, -0.05) is 54.1 Å². The third-order valence-corrected chi connectivity index (χ3v) is 5.74. The Morgan fingerprint density at radius 2 is 1.81 bits per heavy atom. The molecule has 1 saturated carbocycles. The molecule has 3 nitrogen and oxygen atoms in total. The average molecular weight is 447 g/mol. The van der Waals surface area contributed by atoms with E-state index in [1.807, 2.05) is 18.2 Å². The first kappa shape index (κ1) is 21.7. The normalized spacial score (nSPS) is 14.2. The Bertz CT molecular complexity index is 1090. The van der Waals surface area contributed by atoms with Crippen molar-refractivity contribution in [2.75, 3.05) is 11.9 Å². The smallest absolute Gasteiger partial charge is 0.325 e. The largest absolute Gasteiger partial charge is 0.418 e. The van der Waals surface area contributed by atoms with Gasteiger partial charge in [0, 0.05) is 30.6 Å². The molecule has 3 aromatic carbocycles. The van der Waals surface area contributed by atoms with Crippen LogP contribution < -0.4 is 5.32 Å². The highest BCUT2D eigenvalue weighted by Gasteiger charge is 2.34. The second kappa shape index (κ2) is 8.89. The van der Waals surface area contributed by atoms with Gasteiger partial charge in [0.2, 0.25) is 5.91 Å². The highest BCUT2D eigenvalue weighted by atomic mass is 35.5. The Hall–Kier alpha value is -2.57. The maximum atomic E-state index is 13.3. The van der Waals surface area contributed by atoms with Crippen LogP contribution in [-0.4, -0.2) is 23.4 Å². The number of benzene rings is 3. The highest BCUT2D eigenvalue weighted by Crippen LogP contribution is 2.36. The quantitative estimate of drug-likeness (QED) is 0.449. The number of nitrogens with one attached hydrogen (secondary N) is 1. The molecule has 1 aliphatic rings. The lowest BCUT2D eigenvalue weighted by molar-refractivity contribution is -0.137. The molecule has 4 rings (SSSR count). The molecule has 1 N–H and O–H groups in total. The SMILES string of the molecule is O=C(CCN(Cc1cccc2ccccc12)C1CC1)Nc1ccc(Cl)cc1C(F)(F)F. The van der Waals surface area contributed by atoms with Crippen molar-refractivity contribution < 1.29 is 18.0 Å². The van der Waals surface area contributed by atoms with E-state index in [0.29, 0.717) is 19.1 Å². The molecule has 0 spiro atoms. The summed E-state index contributed by atoms with van der Waals surface area (Å²) in [6, 6.07) is 18.1. The molecule has 31 heavy (non-hydrogen) atoms. The van der Waals surface area contributed by atoms with Gasteiger partial charge in [-0.2, -0.15) is 13.2 Å². The first-order valence-corrected chi connectivity index (χ1v) is 10.6. The van der Waals surface area contributed by atoms with Gasteiger partial charge in [0.05, 0.1) is 11.3 Å². The summed E-state index contributed by atoms with van der Waals surface area (Å²) in [6.45, 7) is 1.18. The third-order valence-electron chi connectivity index (χ3n) is 5.50. The fraction of sp³-hybridized carbons (Fsp3) is 0.292. The zero-order chi connectivity index (χ0) is 22.0. The van der Waals surface area contributed by atoms with Gasteiger partial charge in [-0.05, 0) is 47.4 Å². The standard InChI is InChI=1S/C24H22ClF3N2O/c25-18-8-11-22(21(14-18)24(26,27)28)29-23(31)12-13-30(19-9-10-19)15-17-6-3-5-16-4-1-2-7-20(16)17/h1-8,11,14,19H,9-10,12-13,15H2,(H,29,31). The molecule has 0 aromatic heterocycles. The van der Waals surface area contributed by atoms with Crippen LogP contribution in [0, 0.1) is 0 Å². The Morgan fingerprint density at radius 1 is 1.06 bits per heavy atom. The third kappa shape index (κ3) is 5.38. The van der Waals surface area contributed by atoms with Gasteiger partial charge >= 0.3 is 6.18 Å². The Morgan fingerprint density at radius 3 is 2.55 bits per heavy atom. The van der Waals surface area contributed by atoms with Crippen LogP contribution in [0.2, 0.25) is 5.02 Å². The fourth-order valence-corrected chi connectivity index (χ4v) is 3.97. The Balaban J connectivity index is 1.43. The molecule has 162 valence electrons. The molecule has 1 fully saturated rings. The molecule has 0 aliphatic heterocycles. The summed E-state index contributed by atoms with van der Waals surface area (Å²) in [5.74, 6) is -0.448. The number of hydrogen-bond donors (Lipinski definition) is 1. The second-order valence-electron chi connectivity index (χ2n) is 7.83. The number of nitrogens with zero attached hydrogens (tertiary/aromatic N) is 1. The zero-order valence-corrected chi connectivity index (χ0v) is 17.5. The molecular formula is C24H22ClF3N2O. The monoisotopic (exact) mass is 446 g/mol. The van der Waals surface area contributed by atoms with Crippen molar-refractivity contribution in [1.82, 2.24) is 4.90 Å². The minimum absolute atomic E-state index is 0.0275. The maximum absolute atomic E-state index is 13.3. The average Bonchev–Trinajstić information content (AvgIpc) is 3.57. The van der Waals surface area contributed by atoms with Crippen LogP contribution in [0.15, 0.2) is 60.7 Å². The first-order valence-electron chi connectivity index (χ1n) is 10.2. The molecule has 0 bridgehead atoms. The van der Waals surface area contributed by atoms with E-state index in [1.165, 1.54) is 23.1 Å². The second-order valence-corrected chi connectivity index (χ2v) is 8.26. The Labute approximate surface area is 183 Å². The van der Waals surface area contributed by atoms with Crippen molar-refractivity contribution in [2.24, 2.45) is 0 Å². The highest BCUT2D eigenvalue weighted by molar-refractivity contribution is 6.30. The molecule has 1 amide bonds. The van der Waals surface area contributed by atoms with Crippen LogP contribution in [0.3, 0.4) is 0 Å². The van der Waals surface area contributed by atoms with Crippen molar-refractivity contribution in [3.63, 3.8) is 0 Å². The Kier molecular flexibility index (Phi) is 6.21. The van der Waals surface area contributed by atoms with Crippen molar-refractivity contribution in [1.29, 1.82) is 0 Å². The van der Waals surface area contributed by atoms with Crippen LogP contribution in [0.4, 0.5) is 18.9 Å². The minimum Gasteiger partial charge on any atom is -0.325 e. The summed E-state index contributed by atoms with van der Waals surface area (Å²) < 4.78 is 39.8. The summed E-state index contributed by atoms with van der Waals surface area (Å²) in [5.41, 5.74) is -0.0282. The number of halogens is 4. The lowest BCUT2D eigenvalue weighted by Crippen LogP contribution is -2.30. The van der Waals surface area contributed by atoms with Gasteiger partial charge in [-0.25, -0.2) is 0 Å². The van der Waals surface area contributed by atoms with Gasteiger partial charge in [-0.3, -0.25) is 9.69 Å². The maximum Gasteiger partial charge on any atom is 0.418 e. The van der Waals surface area contributed by atoms with E-state index in [9.17, 15) is 18.0 Å². The molecular weight excluding hydrogens is 425 g/mol. The number of alkyl halides is 3. The fourth-order valence-electron chi connectivity index (χ4n) is 3.80. The predicted octanol–water partition coefficient (Wildman–Crippen LogP) is 6.51. The number of rotatable bonds is 7. The summed E-state index contributed by atoms with van der Waals surface area (Å²) in [6.07, 6.45) is -2.34. The van der Waals surface area contributed by atoms with Gasteiger partial charge < -0.3 is 5.32 Å². The number of amides is 1. The summed E-state index contributed by atoms with van der Waals surface area (Å²) >= 11 is 5.70. The number of anilines is 1. The predicted molar refractivity (Wildman–Crippen MR) is 117 cm³/mol. The lowest BCUT2D eigenvalue weighted by atomic mass is 10.0. The summed E-state index contributed by atoms with van der Waals surface area (Å²) in [5, 5.41) is 4.72. The van der Waals surface area contributed by atoms with Crippen molar-refractivity contribution >= 4 is 34.0 Å². The minimum atomic E-state index is -4.60. The van der Waals surface area contributed by atoms with Gasteiger partial charge in [0.1, 0.15) is 0 Å². The molecule has 0 radical (unpaired) electrons. The van der Waals surface area contributed by atoms with Gasteiger partial charge in [-0.15, -0.1) is 0 Å². The number of carbonyl (C=O) groups is 1. The summed E-state index contributed by atoms with van der Waals surface area (Å²) in [4.78, 5) is 14.7. The van der Waals surface area contributed by atoms with E-state index in [0.717, 1.165) is 24.3 Å². The van der Waals surface area contributed by atoms with E-state index in [-0.39, 0.29) is 17.1 Å². The van der Waals surface area contributed by atoms with Crippen LogP contribution >= 0.6 is 11.6 Å². The van der Waals surface area contributed by atoms with Gasteiger partial charge in [0.25, 0.3) is 0 Å². The van der Waals surface area contributed by atoms with Crippen molar-refractivity contribution in [2.45, 2.75) is 38.0 Å². The molecule has 0 atom stereocenters. The van der Waals surface area contributed by atoms with E-state index in [4.69, 9.17) is 11.6 Å². The molecule has 0 unspecified atom stereocenters. The van der Waals surface area contributed by atoms with Crippen molar-refractivity contribution in [3.8, 4) is 0 Å². The summed E-state index contributed by atoms with van der Waals surface area (Å²) in [7, 11) is 0. The molecule has 0 heterocycles. The van der Waals surface area contributed by atoms with E-state index >= 15 is 0 Å². The number of fused-ring (bicyclic) bond motifs is 1. The van der Waals surface area contributed by atoms with Crippen LogP contribution in [0.1, 0.15) is 30.4 Å². The zero-order valence-electron chi connectivity index (χ0n) is 16.8. The molecule has 1 aliphatic carbocycles. The van der Waals surface area contributed by atoms with Crippen molar-refractivity contribution in [3.05, 3.63) is 76.8 Å². The van der Waals surface area contributed by atoms with E-state index in [1.54, 1.807) is 0 Å². The molecule has 7 heteroatoms. The van der Waals surface area contributed by atoms with Crippen LogP contribution in [0.5, 0.6) is 0 Å².